The van der Waals surface area contributed by atoms with Crippen LogP contribution in [0.25, 0.3) is 98.8 Å². The molecule has 0 unspecified atom stereocenters. The maximum absolute atomic E-state index is 6.36. The first-order valence-electron chi connectivity index (χ1n) is 16.8. The summed E-state index contributed by atoms with van der Waals surface area (Å²) < 4.78 is 6.36. The summed E-state index contributed by atoms with van der Waals surface area (Å²) in [6.07, 6.45) is 0. The molecule has 49 heavy (non-hydrogen) atoms. The highest BCUT2D eigenvalue weighted by atomic mass is 16.3. The van der Waals surface area contributed by atoms with Crippen molar-refractivity contribution in [1.82, 2.24) is 0 Å². The van der Waals surface area contributed by atoms with Crippen LogP contribution in [0.3, 0.4) is 0 Å². The normalized spacial score (nSPS) is 11.7. The predicted molar refractivity (Wildman–Crippen MR) is 210 cm³/mol. The van der Waals surface area contributed by atoms with Crippen LogP contribution in [-0.4, -0.2) is 0 Å². The Balaban J connectivity index is 0.00000336. The van der Waals surface area contributed by atoms with Gasteiger partial charge in [0.2, 0.25) is 0 Å². The van der Waals surface area contributed by atoms with E-state index in [2.05, 4.69) is 182 Å². The lowest BCUT2D eigenvalue weighted by molar-refractivity contribution is 0.669. The molecule has 10 rings (SSSR count). The Labute approximate surface area is 285 Å². The van der Waals surface area contributed by atoms with Crippen LogP contribution in [0.1, 0.15) is 1.43 Å². The summed E-state index contributed by atoms with van der Waals surface area (Å²) in [5, 5.41) is 9.74. The highest BCUT2D eigenvalue weighted by Crippen LogP contribution is 2.46. The molecule has 0 aliphatic carbocycles. The Hall–Kier alpha value is -6.44. The van der Waals surface area contributed by atoms with E-state index in [0.717, 1.165) is 21.9 Å². The maximum atomic E-state index is 6.36. The monoisotopic (exact) mass is 625 g/mol. The van der Waals surface area contributed by atoms with E-state index in [-0.39, 0.29) is 1.43 Å². The predicted octanol–water partition coefficient (Wildman–Crippen LogP) is 14.0. The molecule has 0 spiro atoms. The first kappa shape index (κ1) is 27.7. The Bertz CT molecular complexity index is 2810. The molecule has 0 fully saturated rings. The number of hydrogen-bond donors (Lipinski definition) is 0. The van der Waals surface area contributed by atoms with Gasteiger partial charge >= 0.3 is 0 Å². The molecular weight excluding hydrogens is 593 g/mol. The summed E-state index contributed by atoms with van der Waals surface area (Å²) in [4.78, 5) is 0. The average Bonchev–Trinajstić information content (AvgIpc) is 3.54. The van der Waals surface area contributed by atoms with Crippen molar-refractivity contribution < 1.29 is 5.84 Å². The SMILES string of the molecule is [2HH].c1ccc(-c2ccc3c(-c4c5ccccc5c(-c5ccc6oc7ccc(-c8ccccc8)cc7c6c5)c5ccccc45)cccc3c2)cc1. The minimum absolute atomic E-state index is 0. The van der Waals surface area contributed by atoms with E-state index < -0.39 is 0 Å². The van der Waals surface area contributed by atoms with Crippen molar-refractivity contribution in [2.75, 3.05) is 0 Å². The average molecular weight is 626 g/mol. The molecule has 9 aromatic carbocycles. The van der Waals surface area contributed by atoms with Crippen molar-refractivity contribution >= 4 is 54.3 Å². The van der Waals surface area contributed by atoms with Crippen LogP contribution in [-0.2, 0) is 0 Å². The number of benzene rings is 9. The molecule has 0 bridgehead atoms. The molecule has 230 valence electrons. The van der Waals surface area contributed by atoms with Gasteiger partial charge in [-0.15, -0.1) is 0 Å². The summed E-state index contributed by atoms with van der Waals surface area (Å²) in [5.41, 5.74) is 11.6. The van der Waals surface area contributed by atoms with Crippen LogP contribution < -0.4 is 0 Å². The van der Waals surface area contributed by atoms with Gasteiger partial charge in [-0.3, -0.25) is 0 Å². The number of hydrogen-bond acceptors (Lipinski definition) is 1. The van der Waals surface area contributed by atoms with Crippen LogP contribution in [0, 0.1) is 0 Å². The van der Waals surface area contributed by atoms with Gasteiger partial charge in [0.1, 0.15) is 11.2 Å². The van der Waals surface area contributed by atoms with Gasteiger partial charge in [0.25, 0.3) is 0 Å². The minimum Gasteiger partial charge on any atom is -0.456 e. The Morgan fingerprint density at radius 1 is 0.286 bits per heavy atom. The third-order valence-corrected chi connectivity index (χ3v) is 10.1. The molecular formula is C48H32O. The van der Waals surface area contributed by atoms with E-state index in [4.69, 9.17) is 4.42 Å². The van der Waals surface area contributed by atoms with Crippen LogP contribution in [0.15, 0.2) is 186 Å². The van der Waals surface area contributed by atoms with E-state index >= 15 is 0 Å². The zero-order valence-corrected chi connectivity index (χ0v) is 26.7. The maximum Gasteiger partial charge on any atom is 0.135 e. The molecule has 0 N–H and O–H groups in total. The zero-order valence-electron chi connectivity index (χ0n) is 26.7. The molecule has 0 saturated carbocycles. The standard InChI is InChI=1S/C48H30O.H2/c1-3-12-31(13-4-1)33-22-25-37-35(28-33)16-11-21-38(37)48-41-19-9-7-17-39(41)47(40-18-8-10-20-42(40)48)36-24-27-46-44(30-36)43-29-34(23-26-45(43)49-46)32-14-5-2-6-15-32;/h1-30H;1H/i;1+1. The minimum atomic E-state index is 0. The number of rotatable bonds is 4. The molecule has 1 heteroatoms. The van der Waals surface area contributed by atoms with E-state index in [1.807, 2.05) is 0 Å². The molecule has 0 amide bonds. The second kappa shape index (κ2) is 11.1. The molecule has 1 aromatic heterocycles. The van der Waals surface area contributed by atoms with E-state index in [1.165, 1.54) is 76.8 Å². The van der Waals surface area contributed by atoms with Crippen LogP contribution in [0.5, 0.6) is 0 Å². The van der Waals surface area contributed by atoms with Crippen molar-refractivity contribution in [2.24, 2.45) is 0 Å². The molecule has 10 aromatic rings. The molecule has 0 aliphatic heterocycles. The van der Waals surface area contributed by atoms with Gasteiger partial charge in [0, 0.05) is 12.2 Å². The summed E-state index contributed by atoms with van der Waals surface area (Å²) in [5.74, 6) is 0. The lowest BCUT2D eigenvalue weighted by atomic mass is 9.84. The van der Waals surface area contributed by atoms with Crippen molar-refractivity contribution in [3.8, 4) is 44.5 Å². The third-order valence-electron chi connectivity index (χ3n) is 10.1. The zero-order chi connectivity index (χ0) is 32.3. The fourth-order valence-corrected chi connectivity index (χ4v) is 7.78. The summed E-state index contributed by atoms with van der Waals surface area (Å²) in [6, 6.07) is 65.8. The van der Waals surface area contributed by atoms with E-state index in [1.54, 1.807) is 0 Å². The summed E-state index contributed by atoms with van der Waals surface area (Å²) in [7, 11) is 0. The third kappa shape index (κ3) is 4.47. The van der Waals surface area contributed by atoms with Crippen molar-refractivity contribution in [3.05, 3.63) is 182 Å². The fraction of sp³-hybridized carbons (Fsp3) is 0. The molecule has 0 radical (unpaired) electrons. The van der Waals surface area contributed by atoms with Gasteiger partial charge in [-0.1, -0.05) is 152 Å². The van der Waals surface area contributed by atoms with Crippen molar-refractivity contribution in [3.63, 3.8) is 0 Å². The van der Waals surface area contributed by atoms with Gasteiger partial charge in [0.15, 0.2) is 0 Å². The topological polar surface area (TPSA) is 13.1 Å². The summed E-state index contributed by atoms with van der Waals surface area (Å²) in [6.45, 7) is 0. The van der Waals surface area contributed by atoms with Gasteiger partial charge < -0.3 is 4.42 Å². The quantitative estimate of drug-likeness (QED) is 0.177. The number of furan rings is 1. The second-order valence-electron chi connectivity index (χ2n) is 12.8. The highest BCUT2D eigenvalue weighted by molar-refractivity contribution is 6.24. The first-order chi connectivity index (χ1) is 24.3. The van der Waals surface area contributed by atoms with Crippen molar-refractivity contribution in [2.45, 2.75) is 0 Å². The smallest absolute Gasteiger partial charge is 0.135 e. The first-order valence-corrected chi connectivity index (χ1v) is 16.8. The lowest BCUT2D eigenvalue weighted by Gasteiger charge is -2.19. The van der Waals surface area contributed by atoms with Gasteiger partial charge in [-0.2, -0.15) is 0 Å². The fourth-order valence-electron chi connectivity index (χ4n) is 7.78. The van der Waals surface area contributed by atoms with Crippen LogP contribution in [0.2, 0.25) is 0 Å². The van der Waals surface area contributed by atoms with Crippen LogP contribution >= 0.6 is 0 Å². The van der Waals surface area contributed by atoms with Gasteiger partial charge in [0.05, 0.1) is 0 Å². The molecule has 0 saturated heterocycles. The molecule has 1 nitrogen and oxygen atoms in total. The molecule has 0 atom stereocenters. The lowest BCUT2D eigenvalue weighted by Crippen LogP contribution is -1.91. The van der Waals surface area contributed by atoms with Gasteiger partial charge in [-0.25, -0.2) is 0 Å². The Morgan fingerprint density at radius 2 is 0.776 bits per heavy atom. The Morgan fingerprint density at radius 3 is 1.39 bits per heavy atom. The van der Waals surface area contributed by atoms with Crippen molar-refractivity contribution in [1.29, 1.82) is 0 Å². The Kier molecular flexibility index (Phi) is 6.25. The highest BCUT2D eigenvalue weighted by Gasteiger charge is 2.19. The summed E-state index contributed by atoms with van der Waals surface area (Å²) >= 11 is 0. The molecule has 0 aliphatic rings. The largest absolute Gasteiger partial charge is 0.456 e. The second-order valence-corrected chi connectivity index (χ2v) is 12.8. The van der Waals surface area contributed by atoms with E-state index in [9.17, 15) is 0 Å². The number of fused-ring (bicyclic) bond motifs is 6. The van der Waals surface area contributed by atoms with Crippen LogP contribution in [0.4, 0.5) is 0 Å². The van der Waals surface area contributed by atoms with Gasteiger partial charge in [-0.05, 0) is 107 Å². The van der Waals surface area contributed by atoms with E-state index in [0.29, 0.717) is 0 Å². The molecule has 1 heterocycles.